The standard InChI is InChI=1S/C38H37F7O3/c1-2-3-4-8-25-22-46-36(47-23-25)9-6-5-7-24-10-17-31(33(40)18-24)38(44,45)48-29-14-11-26(12-15-29)27-13-16-30(32(39)19-27)28-20-34(41)37(43)35(42)21-28/h10-21,25,36H,2-9,22-23H2,1H3. The smallest absolute Gasteiger partial charge is 0.429 e. The molecule has 48 heavy (non-hydrogen) atoms. The van der Waals surface area contributed by atoms with Gasteiger partial charge in [-0.15, -0.1) is 0 Å². The van der Waals surface area contributed by atoms with Crippen LogP contribution in [0.3, 0.4) is 0 Å². The Labute approximate surface area is 275 Å². The molecule has 0 bridgehead atoms. The van der Waals surface area contributed by atoms with E-state index in [1.165, 1.54) is 61.7 Å². The second-order valence-corrected chi connectivity index (χ2v) is 12.1. The third kappa shape index (κ3) is 8.96. The maximum Gasteiger partial charge on any atom is 0.429 e. The Morgan fingerprint density at radius 2 is 1.31 bits per heavy atom. The third-order valence-electron chi connectivity index (χ3n) is 8.45. The first-order valence-corrected chi connectivity index (χ1v) is 16.2. The summed E-state index contributed by atoms with van der Waals surface area (Å²) in [6, 6.07) is 14.1. The van der Waals surface area contributed by atoms with Crippen molar-refractivity contribution >= 4 is 0 Å². The van der Waals surface area contributed by atoms with Crippen LogP contribution in [0.25, 0.3) is 22.3 Å². The quantitative estimate of drug-likeness (QED) is 0.0757. The van der Waals surface area contributed by atoms with E-state index in [2.05, 4.69) is 6.92 Å². The lowest BCUT2D eigenvalue weighted by Crippen LogP contribution is -2.32. The van der Waals surface area contributed by atoms with Crippen molar-refractivity contribution in [1.82, 2.24) is 0 Å². The van der Waals surface area contributed by atoms with Crippen LogP contribution in [-0.2, 0) is 22.0 Å². The lowest BCUT2D eigenvalue weighted by molar-refractivity contribution is -0.204. The van der Waals surface area contributed by atoms with Gasteiger partial charge in [0.2, 0.25) is 0 Å². The van der Waals surface area contributed by atoms with Crippen LogP contribution in [0.1, 0.15) is 63.0 Å². The molecule has 1 aliphatic heterocycles. The molecule has 0 amide bonds. The van der Waals surface area contributed by atoms with Crippen molar-refractivity contribution in [2.75, 3.05) is 13.2 Å². The zero-order valence-electron chi connectivity index (χ0n) is 26.5. The van der Waals surface area contributed by atoms with E-state index >= 15 is 8.78 Å². The van der Waals surface area contributed by atoms with Crippen LogP contribution in [0.2, 0.25) is 0 Å². The molecule has 256 valence electrons. The van der Waals surface area contributed by atoms with Gasteiger partial charge in [-0.1, -0.05) is 56.5 Å². The van der Waals surface area contributed by atoms with Crippen LogP contribution in [0, 0.1) is 35.0 Å². The molecular weight excluding hydrogens is 637 g/mol. The summed E-state index contributed by atoms with van der Waals surface area (Å²) < 4.78 is 117. The summed E-state index contributed by atoms with van der Waals surface area (Å²) in [4.78, 5) is 0. The Balaban J connectivity index is 1.13. The van der Waals surface area contributed by atoms with E-state index in [9.17, 15) is 22.0 Å². The first-order chi connectivity index (χ1) is 23.0. The summed E-state index contributed by atoms with van der Waals surface area (Å²) in [5.74, 6) is -6.28. The fourth-order valence-corrected chi connectivity index (χ4v) is 5.75. The average Bonchev–Trinajstić information content (AvgIpc) is 3.06. The van der Waals surface area contributed by atoms with Gasteiger partial charge in [0.25, 0.3) is 0 Å². The molecule has 10 heteroatoms. The van der Waals surface area contributed by atoms with Crippen LogP contribution in [0.15, 0.2) is 72.8 Å². The summed E-state index contributed by atoms with van der Waals surface area (Å²) in [6.07, 6.45) is 3.19. The van der Waals surface area contributed by atoms with Crippen molar-refractivity contribution in [3.05, 3.63) is 113 Å². The first kappa shape index (κ1) is 35.4. The van der Waals surface area contributed by atoms with E-state index in [1.807, 2.05) is 0 Å². The average molecular weight is 675 g/mol. The van der Waals surface area contributed by atoms with Crippen molar-refractivity contribution < 1.29 is 44.9 Å². The molecule has 1 fully saturated rings. The van der Waals surface area contributed by atoms with Crippen LogP contribution in [0.5, 0.6) is 5.75 Å². The minimum Gasteiger partial charge on any atom is -0.429 e. The Hall–Kier alpha value is -3.89. The highest BCUT2D eigenvalue weighted by Gasteiger charge is 2.37. The number of hydrogen-bond acceptors (Lipinski definition) is 3. The highest BCUT2D eigenvalue weighted by atomic mass is 19.3. The maximum atomic E-state index is 15.0. The highest BCUT2D eigenvalue weighted by molar-refractivity contribution is 5.71. The van der Waals surface area contributed by atoms with Gasteiger partial charge in [-0.05, 0) is 96.8 Å². The summed E-state index contributed by atoms with van der Waals surface area (Å²) in [6.45, 7) is 3.57. The van der Waals surface area contributed by atoms with Gasteiger partial charge in [0.05, 0.1) is 18.8 Å². The van der Waals surface area contributed by atoms with E-state index in [0.717, 1.165) is 37.5 Å². The van der Waals surface area contributed by atoms with E-state index in [1.54, 1.807) is 0 Å². The molecule has 0 unspecified atom stereocenters. The predicted octanol–water partition coefficient (Wildman–Crippen LogP) is 11.1. The molecule has 5 rings (SSSR count). The molecule has 0 N–H and O–H groups in total. The predicted molar refractivity (Wildman–Crippen MR) is 169 cm³/mol. The van der Waals surface area contributed by atoms with Gasteiger partial charge in [0.1, 0.15) is 17.4 Å². The molecule has 0 spiro atoms. The molecule has 0 radical (unpaired) electrons. The second-order valence-electron chi connectivity index (χ2n) is 12.1. The van der Waals surface area contributed by atoms with Crippen LogP contribution in [-0.4, -0.2) is 19.5 Å². The number of benzene rings is 4. The number of alkyl halides is 2. The highest BCUT2D eigenvalue weighted by Crippen LogP contribution is 2.35. The molecule has 3 nitrogen and oxygen atoms in total. The zero-order chi connectivity index (χ0) is 34.3. The second kappa shape index (κ2) is 16.0. The summed E-state index contributed by atoms with van der Waals surface area (Å²) in [5, 5.41) is 0. The largest absolute Gasteiger partial charge is 0.429 e. The molecule has 0 atom stereocenters. The molecule has 0 aliphatic carbocycles. The minimum absolute atomic E-state index is 0.154. The molecule has 0 saturated carbocycles. The summed E-state index contributed by atoms with van der Waals surface area (Å²) in [5.41, 5.74) is 0.109. The lowest BCUT2D eigenvalue weighted by Gasteiger charge is -2.29. The van der Waals surface area contributed by atoms with Crippen molar-refractivity contribution in [3.63, 3.8) is 0 Å². The Morgan fingerprint density at radius 1 is 0.667 bits per heavy atom. The SMILES string of the molecule is CCCCCC1COC(CCCCc2ccc(C(F)(F)Oc3ccc(-c4ccc(-c5cc(F)c(F)c(F)c5)c(F)c4)cc3)c(F)c2)OC1. The van der Waals surface area contributed by atoms with Gasteiger partial charge in [-0.2, -0.15) is 8.78 Å². The van der Waals surface area contributed by atoms with Gasteiger partial charge in [-0.3, -0.25) is 0 Å². The Kier molecular flexibility index (Phi) is 11.8. The molecule has 4 aromatic carbocycles. The normalized spacial score (nSPS) is 16.7. The summed E-state index contributed by atoms with van der Waals surface area (Å²) >= 11 is 0. The van der Waals surface area contributed by atoms with Crippen molar-refractivity contribution in [2.45, 2.75) is 70.7 Å². The van der Waals surface area contributed by atoms with Crippen LogP contribution < -0.4 is 4.74 Å². The number of aryl methyl sites for hydroxylation is 1. The fourth-order valence-electron chi connectivity index (χ4n) is 5.75. The van der Waals surface area contributed by atoms with E-state index < -0.39 is 40.8 Å². The molecule has 0 aromatic heterocycles. The fraction of sp³-hybridized carbons (Fsp3) is 0.368. The van der Waals surface area contributed by atoms with Gasteiger partial charge in [0.15, 0.2) is 23.7 Å². The number of halogens is 7. The first-order valence-electron chi connectivity index (χ1n) is 16.2. The lowest BCUT2D eigenvalue weighted by atomic mass is 9.99. The number of ether oxygens (including phenoxy) is 3. The van der Waals surface area contributed by atoms with E-state index in [4.69, 9.17) is 14.2 Å². The monoisotopic (exact) mass is 674 g/mol. The van der Waals surface area contributed by atoms with Crippen molar-refractivity contribution in [1.29, 1.82) is 0 Å². The third-order valence-corrected chi connectivity index (χ3v) is 8.45. The van der Waals surface area contributed by atoms with Crippen LogP contribution >= 0.6 is 0 Å². The van der Waals surface area contributed by atoms with Crippen molar-refractivity contribution in [3.8, 4) is 28.0 Å². The molecule has 1 aliphatic rings. The topological polar surface area (TPSA) is 27.7 Å². The molecular formula is C38H37F7O3. The minimum atomic E-state index is -3.97. The zero-order valence-corrected chi connectivity index (χ0v) is 26.5. The van der Waals surface area contributed by atoms with E-state index in [-0.39, 0.29) is 23.2 Å². The molecule has 1 saturated heterocycles. The summed E-state index contributed by atoms with van der Waals surface area (Å²) in [7, 11) is 0. The Bertz CT molecular complexity index is 1640. The molecule has 4 aromatic rings. The Morgan fingerprint density at radius 3 is 1.96 bits per heavy atom. The number of unbranched alkanes of at least 4 members (excludes halogenated alkanes) is 3. The van der Waals surface area contributed by atoms with Crippen molar-refractivity contribution in [2.24, 2.45) is 5.92 Å². The van der Waals surface area contributed by atoms with E-state index in [0.29, 0.717) is 60.8 Å². The van der Waals surface area contributed by atoms with Crippen LogP contribution in [0.4, 0.5) is 30.7 Å². The van der Waals surface area contributed by atoms with Gasteiger partial charge >= 0.3 is 6.11 Å². The van der Waals surface area contributed by atoms with Gasteiger partial charge in [0, 0.05) is 11.5 Å². The number of rotatable bonds is 14. The van der Waals surface area contributed by atoms with Gasteiger partial charge in [-0.25, -0.2) is 22.0 Å². The number of hydrogen-bond donors (Lipinski definition) is 0. The molecule has 1 heterocycles. The van der Waals surface area contributed by atoms with Gasteiger partial charge < -0.3 is 14.2 Å². The maximum absolute atomic E-state index is 15.0.